The number of rotatable bonds is 4. The minimum atomic E-state index is 0.381. The summed E-state index contributed by atoms with van der Waals surface area (Å²) in [7, 11) is 0. The van der Waals surface area contributed by atoms with Gasteiger partial charge in [0.1, 0.15) is 5.01 Å². The van der Waals surface area contributed by atoms with Crippen molar-refractivity contribution in [3.8, 4) is 0 Å². The predicted molar refractivity (Wildman–Crippen MR) is 85.2 cm³/mol. The van der Waals surface area contributed by atoms with Crippen LogP contribution in [0.15, 0.2) is 24.4 Å². The molecule has 106 valence electrons. The Morgan fingerprint density at radius 3 is 2.80 bits per heavy atom. The second-order valence-electron chi connectivity index (χ2n) is 5.70. The van der Waals surface area contributed by atoms with Crippen LogP contribution < -0.4 is 5.32 Å². The van der Waals surface area contributed by atoms with E-state index in [2.05, 4.69) is 42.3 Å². The number of aryl methyl sites for hydroxylation is 3. The lowest BCUT2D eigenvalue weighted by atomic mass is 9.89. The molecule has 0 saturated carbocycles. The van der Waals surface area contributed by atoms with Crippen molar-refractivity contribution < 1.29 is 0 Å². The molecule has 1 aromatic heterocycles. The van der Waals surface area contributed by atoms with Crippen molar-refractivity contribution in [3.05, 3.63) is 51.0 Å². The van der Waals surface area contributed by atoms with E-state index < -0.39 is 0 Å². The van der Waals surface area contributed by atoms with E-state index in [4.69, 9.17) is 0 Å². The summed E-state index contributed by atoms with van der Waals surface area (Å²) >= 11 is 1.77. The van der Waals surface area contributed by atoms with Crippen LogP contribution in [0.3, 0.4) is 0 Å². The SMILES string of the molecule is Cc1cnc(CNC(C)c2ccc3c(c2)CCCC3)s1. The van der Waals surface area contributed by atoms with E-state index in [-0.39, 0.29) is 0 Å². The monoisotopic (exact) mass is 286 g/mol. The minimum absolute atomic E-state index is 0.381. The van der Waals surface area contributed by atoms with Gasteiger partial charge in [0.15, 0.2) is 0 Å². The van der Waals surface area contributed by atoms with Crippen molar-refractivity contribution in [3.63, 3.8) is 0 Å². The van der Waals surface area contributed by atoms with E-state index in [1.54, 1.807) is 22.5 Å². The second kappa shape index (κ2) is 6.06. The highest BCUT2D eigenvalue weighted by Gasteiger charge is 2.12. The van der Waals surface area contributed by atoms with Crippen LogP contribution in [0.4, 0.5) is 0 Å². The number of aromatic nitrogens is 1. The van der Waals surface area contributed by atoms with Crippen LogP contribution >= 0.6 is 11.3 Å². The molecular formula is C17H22N2S. The summed E-state index contributed by atoms with van der Waals surface area (Å²) in [6, 6.07) is 7.40. The molecule has 0 saturated heterocycles. The lowest BCUT2D eigenvalue weighted by Crippen LogP contribution is -2.18. The first-order valence-electron chi connectivity index (χ1n) is 7.49. The zero-order chi connectivity index (χ0) is 13.9. The molecule has 0 radical (unpaired) electrons. The van der Waals surface area contributed by atoms with E-state index >= 15 is 0 Å². The number of nitrogens with one attached hydrogen (secondary N) is 1. The molecule has 1 unspecified atom stereocenters. The molecule has 1 aliphatic carbocycles. The van der Waals surface area contributed by atoms with Crippen molar-refractivity contribution in [2.45, 2.75) is 52.1 Å². The van der Waals surface area contributed by atoms with Gasteiger partial charge in [-0.05, 0) is 56.2 Å². The molecule has 0 amide bonds. The highest BCUT2D eigenvalue weighted by Crippen LogP contribution is 2.25. The maximum atomic E-state index is 4.41. The smallest absolute Gasteiger partial charge is 0.107 e. The van der Waals surface area contributed by atoms with Crippen LogP contribution in [0.1, 0.15) is 52.4 Å². The normalized spacial score (nSPS) is 15.9. The molecule has 2 aromatic rings. The van der Waals surface area contributed by atoms with Gasteiger partial charge in [-0.1, -0.05) is 18.2 Å². The van der Waals surface area contributed by atoms with Crippen molar-refractivity contribution in [2.24, 2.45) is 0 Å². The standard InChI is InChI=1S/C17H22N2S/c1-12-10-19-17(20-12)11-18-13(2)15-8-7-14-5-3-4-6-16(14)9-15/h7-10,13,18H,3-6,11H2,1-2H3. The molecule has 3 heteroatoms. The third kappa shape index (κ3) is 3.10. The molecule has 0 fully saturated rings. The molecule has 0 spiro atoms. The third-order valence-electron chi connectivity index (χ3n) is 4.10. The molecule has 1 atom stereocenters. The largest absolute Gasteiger partial charge is 0.304 e. The molecule has 2 nitrogen and oxygen atoms in total. The van der Waals surface area contributed by atoms with Crippen LogP contribution in [0, 0.1) is 6.92 Å². The van der Waals surface area contributed by atoms with Crippen molar-refractivity contribution in [1.82, 2.24) is 10.3 Å². The Labute approximate surface area is 125 Å². The van der Waals surface area contributed by atoms with Gasteiger partial charge in [-0.25, -0.2) is 4.98 Å². The summed E-state index contributed by atoms with van der Waals surface area (Å²) in [6.45, 7) is 5.20. The summed E-state index contributed by atoms with van der Waals surface area (Å²) in [5, 5.41) is 4.76. The van der Waals surface area contributed by atoms with Gasteiger partial charge in [0.25, 0.3) is 0 Å². The van der Waals surface area contributed by atoms with Crippen LogP contribution in [-0.2, 0) is 19.4 Å². The maximum absolute atomic E-state index is 4.41. The molecule has 1 heterocycles. The van der Waals surface area contributed by atoms with Crippen LogP contribution in [0.5, 0.6) is 0 Å². The highest BCUT2D eigenvalue weighted by atomic mass is 32.1. The van der Waals surface area contributed by atoms with Crippen LogP contribution in [0.2, 0.25) is 0 Å². The Bertz CT molecular complexity index is 588. The Hall–Kier alpha value is -1.19. The fourth-order valence-electron chi connectivity index (χ4n) is 2.86. The lowest BCUT2D eigenvalue weighted by molar-refractivity contribution is 0.571. The predicted octanol–water partition coefficient (Wildman–Crippen LogP) is 4.18. The average molecular weight is 286 g/mol. The Morgan fingerprint density at radius 2 is 2.05 bits per heavy atom. The molecule has 0 aliphatic heterocycles. The van der Waals surface area contributed by atoms with E-state index in [0.29, 0.717) is 6.04 Å². The van der Waals surface area contributed by atoms with Gasteiger partial charge in [0, 0.05) is 23.7 Å². The van der Waals surface area contributed by atoms with E-state index in [0.717, 1.165) is 6.54 Å². The summed E-state index contributed by atoms with van der Waals surface area (Å²) in [6.07, 6.45) is 7.16. The van der Waals surface area contributed by atoms with E-state index in [9.17, 15) is 0 Å². The topological polar surface area (TPSA) is 24.9 Å². The molecule has 3 rings (SSSR count). The number of nitrogens with zero attached hydrogens (tertiary/aromatic N) is 1. The lowest BCUT2D eigenvalue weighted by Gasteiger charge is -2.19. The molecule has 1 aromatic carbocycles. The fourth-order valence-corrected chi connectivity index (χ4v) is 3.60. The first kappa shape index (κ1) is 13.8. The van der Waals surface area contributed by atoms with Gasteiger partial charge in [-0.2, -0.15) is 0 Å². The van der Waals surface area contributed by atoms with Gasteiger partial charge in [-0.3, -0.25) is 0 Å². The molecule has 20 heavy (non-hydrogen) atoms. The number of thiazole rings is 1. The molecular weight excluding hydrogens is 264 g/mol. The zero-order valence-electron chi connectivity index (χ0n) is 12.3. The number of hydrogen-bond donors (Lipinski definition) is 1. The quantitative estimate of drug-likeness (QED) is 0.912. The van der Waals surface area contributed by atoms with Gasteiger partial charge >= 0.3 is 0 Å². The molecule has 1 N–H and O–H groups in total. The summed E-state index contributed by atoms with van der Waals surface area (Å²) in [4.78, 5) is 5.69. The van der Waals surface area contributed by atoms with Crippen molar-refractivity contribution in [1.29, 1.82) is 0 Å². The Balaban J connectivity index is 1.66. The zero-order valence-corrected chi connectivity index (χ0v) is 13.1. The number of benzene rings is 1. The Morgan fingerprint density at radius 1 is 1.25 bits per heavy atom. The van der Waals surface area contributed by atoms with E-state index in [1.807, 2.05) is 6.20 Å². The Kier molecular flexibility index (Phi) is 4.18. The highest BCUT2D eigenvalue weighted by molar-refractivity contribution is 7.11. The van der Waals surface area contributed by atoms with E-state index in [1.165, 1.54) is 41.1 Å². The summed E-state index contributed by atoms with van der Waals surface area (Å²) in [5.41, 5.74) is 4.52. The van der Waals surface area contributed by atoms with Crippen molar-refractivity contribution >= 4 is 11.3 Å². The van der Waals surface area contributed by atoms with Gasteiger partial charge in [-0.15, -0.1) is 11.3 Å². The van der Waals surface area contributed by atoms with Crippen LogP contribution in [-0.4, -0.2) is 4.98 Å². The van der Waals surface area contributed by atoms with Gasteiger partial charge < -0.3 is 5.32 Å². The number of fused-ring (bicyclic) bond motifs is 1. The first-order chi connectivity index (χ1) is 9.72. The van der Waals surface area contributed by atoms with Gasteiger partial charge in [0.05, 0.1) is 0 Å². The maximum Gasteiger partial charge on any atom is 0.107 e. The summed E-state index contributed by atoms with van der Waals surface area (Å²) < 4.78 is 0. The number of hydrogen-bond acceptors (Lipinski definition) is 3. The average Bonchev–Trinajstić information content (AvgIpc) is 2.90. The van der Waals surface area contributed by atoms with Gasteiger partial charge in [0.2, 0.25) is 0 Å². The first-order valence-corrected chi connectivity index (χ1v) is 8.30. The fraction of sp³-hybridized carbons (Fsp3) is 0.471. The molecule has 1 aliphatic rings. The minimum Gasteiger partial charge on any atom is -0.304 e. The summed E-state index contributed by atoms with van der Waals surface area (Å²) in [5.74, 6) is 0. The van der Waals surface area contributed by atoms with Crippen molar-refractivity contribution in [2.75, 3.05) is 0 Å². The molecule has 0 bridgehead atoms. The van der Waals surface area contributed by atoms with Crippen LogP contribution in [0.25, 0.3) is 0 Å². The second-order valence-corrected chi connectivity index (χ2v) is 7.02. The third-order valence-corrected chi connectivity index (χ3v) is 5.01.